The van der Waals surface area contributed by atoms with E-state index in [1.165, 1.54) is 19.1 Å². The third-order valence-electron chi connectivity index (χ3n) is 4.56. The van der Waals surface area contributed by atoms with Crippen molar-refractivity contribution >= 4 is 27.5 Å². The first kappa shape index (κ1) is 23.7. The van der Waals surface area contributed by atoms with Gasteiger partial charge in [0.15, 0.2) is 0 Å². The molecule has 4 N–H and O–H groups in total. The van der Waals surface area contributed by atoms with E-state index in [0.29, 0.717) is 22.6 Å². The molecule has 0 saturated carbocycles. The number of rotatable bonds is 5. The lowest BCUT2D eigenvalue weighted by Crippen LogP contribution is -2.20. The van der Waals surface area contributed by atoms with Gasteiger partial charge in [-0.1, -0.05) is 23.7 Å². The molecule has 3 aromatic rings. The van der Waals surface area contributed by atoms with Gasteiger partial charge in [-0.05, 0) is 30.2 Å². The largest absolute Gasteiger partial charge is 0.419 e. The van der Waals surface area contributed by atoms with E-state index in [9.17, 15) is 30.8 Å². The fourth-order valence-corrected chi connectivity index (χ4v) is 4.40. The van der Waals surface area contributed by atoms with E-state index >= 15 is 0 Å². The molecule has 0 aliphatic rings. The Kier molecular flexibility index (Phi) is 6.06. The van der Waals surface area contributed by atoms with E-state index in [2.05, 4.69) is 5.10 Å². The van der Waals surface area contributed by atoms with Crippen molar-refractivity contribution in [1.82, 2.24) is 9.78 Å². The molecular formula is C19H15ClF4N4O3S. The highest BCUT2D eigenvalue weighted by Gasteiger charge is 2.34. The summed E-state index contributed by atoms with van der Waals surface area (Å²) in [6, 6.07) is 4.69. The molecule has 0 unspecified atom stereocenters. The van der Waals surface area contributed by atoms with Crippen molar-refractivity contribution in [3.8, 4) is 16.8 Å². The normalized spacial score (nSPS) is 12.2. The van der Waals surface area contributed by atoms with Crippen molar-refractivity contribution in [2.24, 2.45) is 10.9 Å². The maximum atomic E-state index is 14.9. The number of primary amides is 1. The number of nitrogens with two attached hydrogens (primary N) is 2. The lowest BCUT2D eigenvalue weighted by Gasteiger charge is -2.19. The summed E-state index contributed by atoms with van der Waals surface area (Å²) in [4.78, 5) is 10.8. The van der Waals surface area contributed by atoms with Gasteiger partial charge in [-0.15, -0.1) is 0 Å². The predicted octanol–water partition coefficient (Wildman–Crippen LogP) is 3.33. The molecule has 0 fully saturated rings. The molecule has 170 valence electrons. The molecule has 0 bridgehead atoms. The molecule has 0 atom stereocenters. The summed E-state index contributed by atoms with van der Waals surface area (Å²) in [6.07, 6.45) is -4.23. The van der Waals surface area contributed by atoms with Crippen LogP contribution in [0.5, 0.6) is 0 Å². The quantitative estimate of drug-likeness (QED) is 0.533. The Morgan fingerprint density at radius 1 is 1.19 bits per heavy atom. The van der Waals surface area contributed by atoms with Gasteiger partial charge in [0.25, 0.3) is 0 Å². The number of hydrogen-bond acceptors (Lipinski definition) is 4. The number of halogens is 5. The summed E-state index contributed by atoms with van der Waals surface area (Å²) in [5.74, 6) is -1.81. The smallest absolute Gasteiger partial charge is 0.369 e. The number of carbonyl (C=O) groups excluding carboxylic acids is 1. The van der Waals surface area contributed by atoms with Gasteiger partial charge in [0.05, 0.1) is 28.9 Å². The highest BCUT2D eigenvalue weighted by atomic mass is 35.5. The number of aromatic nitrogens is 2. The second-order valence-corrected chi connectivity index (χ2v) is 8.74. The van der Waals surface area contributed by atoms with Gasteiger partial charge in [0, 0.05) is 17.3 Å². The molecule has 0 saturated heterocycles. The fourth-order valence-electron chi connectivity index (χ4n) is 3.18. The fraction of sp³-hybridized carbons (Fsp3) is 0.158. The zero-order valence-electron chi connectivity index (χ0n) is 16.2. The van der Waals surface area contributed by atoms with Gasteiger partial charge in [0.2, 0.25) is 15.9 Å². The molecule has 1 aromatic heterocycles. The Morgan fingerprint density at radius 2 is 1.84 bits per heavy atom. The molecule has 7 nitrogen and oxygen atoms in total. The third-order valence-corrected chi connectivity index (χ3v) is 6.03. The predicted molar refractivity (Wildman–Crippen MR) is 108 cm³/mol. The van der Waals surface area contributed by atoms with Crippen LogP contribution in [-0.2, 0) is 27.4 Å². The van der Waals surface area contributed by atoms with Crippen LogP contribution in [0.25, 0.3) is 16.8 Å². The van der Waals surface area contributed by atoms with E-state index in [-0.39, 0.29) is 16.1 Å². The van der Waals surface area contributed by atoms with Crippen LogP contribution < -0.4 is 10.9 Å². The number of benzene rings is 2. The lowest BCUT2D eigenvalue weighted by atomic mass is 9.94. The van der Waals surface area contributed by atoms with E-state index in [1.807, 2.05) is 0 Å². The van der Waals surface area contributed by atoms with Crippen LogP contribution >= 0.6 is 11.6 Å². The number of aryl methyl sites for hydroxylation is 1. The highest BCUT2D eigenvalue weighted by molar-refractivity contribution is 7.89. The number of carbonyl (C=O) groups is 1. The van der Waals surface area contributed by atoms with Crippen molar-refractivity contribution in [2.75, 3.05) is 0 Å². The second kappa shape index (κ2) is 8.19. The number of alkyl halides is 3. The van der Waals surface area contributed by atoms with Crippen LogP contribution in [0.4, 0.5) is 17.6 Å². The van der Waals surface area contributed by atoms with Crippen LogP contribution in [0.1, 0.15) is 16.7 Å². The monoisotopic (exact) mass is 490 g/mol. The zero-order chi connectivity index (χ0) is 24.0. The first-order valence-electron chi connectivity index (χ1n) is 8.76. The average Bonchev–Trinajstić information content (AvgIpc) is 3.15. The van der Waals surface area contributed by atoms with Gasteiger partial charge in [-0.2, -0.15) is 18.3 Å². The maximum Gasteiger partial charge on any atom is 0.419 e. The van der Waals surface area contributed by atoms with Gasteiger partial charge in [-0.25, -0.2) is 22.6 Å². The molecule has 0 radical (unpaired) electrons. The van der Waals surface area contributed by atoms with Crippen molar-refractivity contribution < 1.29 is 30.8 Å². The summed E-state index contributed by atoms with van der Waals surface area (Å²) in [7, 11) is -4.71. The molecule has 13 heteroatoms. The van der Waals surface area contributed by atoms with Crippen LogP contribution in [0.2, 0.25) is 5.02 Å². The summed E-state index contributed by atoms with van der Waals surface area (Å²) in [6.45, 7) is 1.53. The van der Waals surface area contributed by atoms with Crippen molar-refractivity contribution in [2.45, 2.75) is 24.4 Å². The van der Waals surface area contributed by atoms with Crippen LogP contribution in [0.3, 0.4) is 0 Å². The second-order valence-electron chi connectivity index (χ2n) is 6.86. The molecule has 32 heavy (non-hydrogen) atoms. The van der Waals surface area contributed by atoms with Gasteiger partial charge in [0.1, 0.15) is 10.7 Å². The minimum Gasteiger partial charge on any atom is -0.369 e. The molecule has 1 heterocycles. The SMILES string of the molecule is Cc1ccc(F)c(-c2c(CC(N)=O)ccc(-n3cc(C(F)(F)F)cn3)c2S(N)(=O)=O)c1Cl. The minimum absolute atomic E-state index is 0.0418. The van der Waals surface area contributed by atoms with E-state index in [4.69, 9.17) is 22.5 Å². The number of nitrogens with zero attached hydrogens (tertiary/aromatic N) is 2. The lowest BCUT2D eigenvalue weighted by molar-refractivity contribution is -0.137. The molecular weight excluding hydrogens is 476 g/mol. The first-order chi connectivity index (χ1) is 14.7. The maximum absolute atomic E-state index is 14.9. The number of hydrogen-bond donors (Lipinski definition) is 2. The summed E-state index contributed by atoms with van der Waals surface area (Å²) < 4.78 is 79.9. The molecule has 2 aromatic carbocycles. The molecule has 0 spiro atoms. The Labute approximate surface area is 184 Å². The van der Waals surface area contributed by atoms with Crippen molar-refractivity contribution in [3.63, 3.8) is 0 Å². The van der Waals surface area contributed by atoms with Crippen molar-refractivity contribution in [3.05, 3.63) is 64.2 Å². The molecule has 3 rings (SSSR count). The van der Waals surface area contributed by atoms with Gasteiger partial charge >= 0.3 is 6.18 Å². The van der Waals surface area contributed by atoms with Gasteiger partial charge in [-0.3, -0.25) is 4.79 Å². The van der Waals surface area contributed by atoms with E-state index in [0.717, 1.165) is 12.1 Å². The van der Waals surface area contributed by atoms with Crippen LogP contribution in [0.15, 0.2) is 41.6 Å². The first-order valence-corrected chi connectivity index (χ1v) is 10.7. The van der Waals surface area contributed by atoms with Crippen LogP contribution in [-0.4, -0.2) is 24.1 Å². The Bertz CT molecular complexity index is 1340. The molecule has 1 amide bonds. The molecule has 0 aliphatic carbocycles. The minimum atomic E-state index is -4.75. The number of sulfonamides is 1. The number of amides is 1. The zero-order valence-corrected chi connectivity index (χ0v) is 17.8. The number of primary sulfonamides is 1. The summed E-state index contributed by atoms with van der Waals surface area (Å²) in [5.41, 5.74) is 3.25. The topological polar surface area (TPSA) is 121 Å². The Morgan fingerprint density at radius 3 is 2.38 bits per heavy atom. The molecule has 0 aliphatic heterocycles. The van der Waals surface area contributed by atoms with E-state index < -0.39 is 56.1 Å². The van der Waals surface area contributed by atoms with Crippen LogP contribution in [0, 0.1) is 12.7 Å². The van der Waals surface area contributed by atoms with E-state index in [1.54, 1.807) is 0 Å². The summed E-state index contributed by atoms with van der Waals surface area (Å²) >= 11 is 6.26. The Balaban J connectivity index is 2.49. The summed E-state index contributed by atoms with van der Waals surface area (Å²) in [5, 5.41) is 8.79. The highest BCUT2D eigenvalue weighted by Crippen LogP contribution is 2.41. The Hall–Kier alpha value is -2.96. The standard InChI is InChI=1S/C19H15ClF4N4O3S/c1-9-2-4-12(21)16(17(9)20)15-10(6-14(25)29)3-5-13(18(15)32(26,30)31)28-8-11(7-27-28)19(22,23)24/h2-5,7-8H,6H2,1H3,(H2,25,29)(H2,26,30,31). The van der Waals surface area contributed by atoms with Crippen molar-refractivity contribution in [1.29, 1.82) is 0 Å². The average molecular weight is 491 g/mol. The van der Waals surface area contributed by atoms with Gasteiger partial charge < -0.3 is 5.73 Å². The third kappa shape index (κ3) is 4.47.